The Morgan fingerprint density at radius 1 is 1.20 bits per heavy atom. The predicted octanol–water partition coefficient (Wildman–Crippen LogP) is 2.72. The molecule has 4 nitrogen and oxygen atoms in total. The lowest BCUT2D eigenvalue weighted by atomic mass is 10.1. The van der Waals surface area contributed by atoms with Crippen molar-refractivity contribution in [1.82, 2.24) is 0 Å². The predicted molar refractivity (Wildman–Crippen MR) is 71.7 cm³/mol. The van der Waals surface area contributed by atoms with E-state index in [0.717, 1.165) is 32.8 Å². The maximum Gasteiger partial charge on any atom is 0.340 e. The molecule has 0 fully saturated rings. The fraction of sp³-hybridized carbons (Fsp3) is 0.500. The molecule has 20 heavy (non-hydrogen) atoms. The van der Waals surface area contributed by atoms with Gasteiger partial charge in [0.1, 0.15) is 0 Å². The van der Waals surface area contributed by atoms with Gasteiger partial charge in [-0.3, -0.25) is 0 Å². The minimum atomic E-state index is -1.21. The van der Waals surface area contributed by atoms with Gasteiger partial charge in [-0.15, -0.1) is 0 Å². The van der Waals surface area contributed by atoms with E-state index in [1.165, 1.54) is 12.1 Å². The van der Waals surface area contributed by atoms with Crippen LogP contribution in [0.2, 0.25) is 0 Å². The Labute approximate surface area is 116 Å². The molecule has 0 aromatic heterocycles. The van der Waals surface area contributed by atoms with Crippen LogP contribution in [0.25, 0.3) is 0 Å². The highest BCUT2D eigenvalue weighted by atomic mass is 19.2. The van der Waals surface area contributed by atoms with Gasteiger partial charge in [0.2, 0.25) is 0 Å². The van der Waals surface area contributed by atoms with Gasteiger partial charge >= 0.3 is 5.97 Å². The van der Waals surface area contributed by atoms with Gasteiger partial charge < -0.3 is 15.2 Å². The van der Waals surface area contributed by atoms with Crippen molar-refractivity contribution in [2.24, 2.45) is 0 Å². The van der Waals surface area contributed by atoms with E-state index in [1.807, 2.05) is 0 Å². The van der Waals surface area contributed by atoms with Crippen molar-refractivity contribution >= 4 is 11.7 Å². The van der Waals surface area contributed by atoms with Crippen LogP contribution in [0.3, 0.4) is 0 Å². The average Bonchev–Trinajstić information content (AvgIpc) is 2.46. The molecule has 6 heteroatoms. The number of anilines is 1. The molecule has 0 heterocycles. The maximum absolute atomic E-state index is 13.7. The quantitative estimate of drug-likeness (QED) is 0.570. The summed E-state index contributed by atoms with van der Waals surface area (Å²) in [6, 6.07) is 2.51. The third kappa shape index (κ3) is 4.45. The van der Waals surface area contributed by atoms with E-state index in [-0.39, 0.29) is 12.3 Å². The minimum absolute atomic E-state index is 0.0253. The van der Waals surface area contributed by atoms with Crippen molar-refractivity contribution in [2.75, 3.05) is 25.6 Å². The molecule has 0 atom stereocenters. The number of aliphatic hydroxyl groups is 1. The minimum Gasteiger partial charge on any atom is -0.465 e. The number of benzene rings is 1. The average molecular weight is 287 g/mol. The lowest BCUT2D eigenvalue weighted by Crippen LogP contribution is -2.10. The number of aliphatic hydroxyl groups excluding tert-OH is 1. The van der Waals surface area contributed by atoms with E-state index < -0.39 is 23.2 Å². The van der Waals surface area contributed by atoms with Crippen molar-refractivity contribution < 1.29 is 23.4 Å². The number of hydrogen-bond donors (Lipinski definition) is 2. The first-order valence-electron chi connectivity index (χ1n) is 6.52. The van der Waals surface area contributed by atoms with Crippen LogP contribution >= 0.6 is 0 Å². The standard InChI is InChI=1S/C14H19F2NO3/c1-20-14(19)10-6-7-11(13(16)12(10)15)17-8-4-2-3-5-9-18/h6-7,17-18H,2-5,8-9H2,1H3. The van der Waals surface area contributed by atoms with Crippen molar-refractivity contribution in [2.45, 2.75) is 25.7 Å². The van der Waals surface area contributed by atoms with Crippen LogP contribution in [0.15, 0.2) is 12.1 Å². The first kappa shape index (κ1) is 16.4. The van der Waals surface area contributed by atoms with Crippen LogP contribution in [-0.2, 0) is 4.74 Å². The zero-order valence-corrected chi connectivity index (χ0v) is 11.4. The van der Waals surface area contributed by atoms with E-state index in [2.05, 4.69) is 10.1 Å². The number of hydrogen-bond acceptors (Lipinski definition) is 4. The van der Waals surface area contributed by atoms with Gasteiger partial charge in [0.25, 0.3) is 0 Å². The summed E-state index contributed by atoms with van der Waals surface area (Å²) >= 11 is 0. The largest absolute Gasteiger partial charge is 0.465 e. The molecule has 0 unspecified atom stereocenters. The van der Waals surface area contributed by atoms with Gasteiger partial charge in [-0.2, -0.15) is 0 Å². The van der Waals surface area contributed by atoms with Gasteiger partial charge in [-0.05, 0) is 25.0 Å². The first-order valence-corrected chi connectivity index (χ1v) is 6.52. The first-order chi connectivity index (χ1) is 9.61. The van der Waals surface area contributed by atoms with Crippen LogP contribution < -0.4 is 5.32 Å². The Hall–Kier alpha value is -1.69. The number of esters is 1. The lowest BCUT2D eigenvalue weighted by Gasteiger charge is -2.09. The molecule has 0 amide bonds. The molecule has 0 radical (unpaired) electrons. The Balaban J connectivity index is 2.55. The van der Waals surface area contributed by atoms with Crippen molar-refractivity contribution in [3.8, 4) is 0 Å². The van der Waals surface area contributed by atoms with Gasteiger partial charge in [0, 0.05) is 13.2 Å². The molecule has 0 aliphatic rings. The molecular weight excluding hydrogens is 268 g/mol. The lowest BCUT2D eigenvalue weighted by molar-refractivity contribution is 0.0594. The SMILES string of the molecule is COC(=O)c1ccc(NCCCCCCO)c(F)c1F. The molecule has 0 saturated carbocycles. The molecular formula is C14H19F2NO3. The van der Waals surface area contributed by atoms with E-state index in [9.17, 15) is 13.6 Å². The zero-order chi connectivity index (χ0) is 15.0. The Morgan fingerprint density at radius 3 is 2.55 bits per heavy atom. The molecule has 0 bridgehead atoms. The Kier molecular flexibility index (Phi) is 6.93. The van der Waals surface area contributed by atoms with Gasteiger partial charge in [0.05, 0.1) is 18.4 Å². The summed E-state index contributed by atoms with van der Waals surface area (Å²) < 4.78 is 31.7. The second-order valence-electron chi connectivity index (χ2n) is 4.34. The molecule has 112 valence electrons. The van der Waals surface area contributed by atoms with Gasteiger partial charge in [-0.1, -0.05) is 12.8 Å². The van der Waals surface area contributed by atoms with E-state index in [4.69, 9.17) is 5.11 Å². The van der Waals surface area contributed by atoms with Crippen LogP contribution in [0.4, 0.5) is 14.5 Å². The molecule has 2 N–H and O–H groups in total. The summed E-state index contributed by atoms with van der Waals surface area (Å²) in [4.78, 5) is 11.2. The number of carbonyl (C=O) groups is 1. The number of carbonyl (C=O) groups excluding carboxylic acids is 1. The summed E-state index contributed by atoms with van der Waals surface area (Å²) in [6.45, 7) is 0.668. The van der Waals surface area contributed by atoms with E-state index >= 15 is 0 Å². The molecule has 0 spiro atoms. The normalized spacial score (nSPS) is 10.4. The van der Waals surface area contributed by atoms with Crippen molar-refractivity contribution in [3.05, 3.63) is 29.3 Å². The number of nitrogens with one attached hydrogen (secondary N) is 1. The second-order valence-corrected chi connectivity index (χ2v) is 4.34. The summed E-state index contributed by atoms with van der Waals surface area (Å²) in [6.07, 6.45) is 3.34. The molecule has 1 aromatic carbocycles. The highest BCUT2D eigenvalue weighted by Gasteiger charge is 2.18. The molecule has 0 aliphatic carbocycles. The number of methoxy groups -OCH3 is 1. The molecule has 1 aromatic rings. The van der Waals surface area contributed by atoms with Crippen LogP contribution in [-0.4, -0.2) is 31.3 Å². The number of rotatable bonds is 8. The number of ether oxygens (including phenoxy) is 1. The van der Waals surface area contributed by atoms with E-state index in [0.29, 0.717) is 6.54 Å². The summed E-state index contributed by atoms with van der Waals surface area (Å²) in [5.41, 5.74) is -0.393. The monoisotopic (exact) mass is 287 g/mol. The van der Waals surface area contributed by atoms with Gasteiger partial charge in [-0.25, -0.2) is 13.6 Å². The van der Waals surface area contributed by atoms with Crippen molar-refractivity contribution in [3.63, 3.8) is 0 Å². The Bertz CT molecular complexity index is 452. The van der Waals surface area contributed by atoms with Crippen LogP contribution in [0, 0.1) is 11.6 Å². The summed E-state index contributed by atoms with van der Waals surface area (Å²) in [5, 5.41) is 11.4. The zero-order valence-electron chi connectivity index (χ0n) is 11.4. The topological polar surface area (TPSA) is 58.6 Å². The molecule has 1 rings (SSSR count). The van der Waals surface area contributed by atoms with Gasteiger partial charge in [0.15, 0.2) is 11.6 Å². The maximum atomic E-state index is 13.7. The summed E-state index contributed by atoms with van der Waals surface area (Å²) in [5.74, 6) is -3.19. The van der Waals surface area contributed by atoms with E-state index in [1.54, 1.807) is 0 Å². The third-order valence-electron chi connectivity index (χ3n) is 2.89. The Morgan fingerprint density at radius 2 is 1.90 bits per heavy atom. The molecule has 0 saturated heterocycles. The summed E-state index contributed by atoms with van der Waals surface area (Å²) in [7, 11) is 1.11. The highest BCUT2D eigenvalue weighted by Crippen LogP contribution is 2.21. The third-order valence-corrected chi connectivity index (χ3v) is 2.89. The smallest absolute Gasteiger partial charge is 0.340 e. The van der Waals surface area contributed by atoms with Crippen LogP contribution in [0.1, 0.15) is 36.0 Å². The number of halogens is 2. The fourth-order valence-electron chi connectivity index (χ4n) is 1.77. The fourth-order valence-corrected chi connectivity index (χ4v) is 1.77. The van der Waals surface area contributed by atoms with Crippen molar-refractivity contribution in [1.29, 1.82) is 0 Å². The second kappa shape index (κ2) is 8.47. The number of unbranched alkanes of at least 4 members (excludes halogenated alkanes) is 3. The van der Waals surface area contributed by atoms with Crippen LogP contribution in [0.5, 0.6) is 0 Å². The molecule has 0 aliphatic heterocycles. The highest BCUT2D eigenvalue weighted by molar-refractivity contribution is 5.90.